The smallest absolute Gasteiger partial charge is 0.307 e. The molecule has 1 aliphatic rings. The molecule has 2 atom stereocenters. The van der Waals surface area contributed by atoms with E-state index in [1.165, 1.54) is 0 Å². The Hall–Kier alpha value is -1.37. The maximum atomic E-state index is 10.9. The summed E-state index contributed by atoms with van der Waals surface area (Å²) >= 11 is 2.30. The highest BCUT2D eigenvalue weighted by molar-refractivity contribution is 14.1. The van der Waals surface area contributed by atoms with Crippen LogP contribution in [0.25, 0.3) is 11.3 Å². The molecule has 1 aromatic heterocycles. The van der Waals surface area contributed by atoms with E-state index < -0.39 is 5.97 Å². The van der Waals surface area contributed by atoms with Gasteiger partial charge in [-0.05, 0) is 47.4 Å². The summed E-state index contributed by atoms with van der Waals surface area (Å²) in [6.07, 6.45) is 0.759. The van der Waals surface area contributed by atoms with Crippen LogP contribution in [0.1, 0.15) is 23.7 Å². The zero-order valence-electron chi connectivity index (χ0n) is 11.3. The Morgan fingerprint density at radius 1 is 1.40 bits per heavy atom. The van der Waals surface area contributed by atoms with Crippen molar-refractivity contribution in [2.75, 3.05) is 0 Å². The fourth-order valence-electron chi connectivity index (χ4n) is 2.49. The topological polar surface area (TPSA) is 55.1 Å². The van der Waals surface area contributed by atoms with Crippen molar-refractivity contribution in [3.63, 3.8) is 0 Å². The lowest BCUT2D eigenvalue weighted by Crippen LogP contribution is -1.98. The summed E-state index contributed by atoms with van der Waals surface area (Å²) in [6.45, 7) is 1.99. The molecule has 0 saturated heterocycles. The van der Waals surface area contributed by atoms with Gasteiger partial charge in [-0.3, -0.25) is 4.79 Å². The van der Waals surface area contributed by atoms with Crippen molar-refractivity contribution in [1.82, 2.24) is 9.55 Å². The third-order valence-corrected chi connectivity index (χ3v) is 5.20. The van der Waals surface area contributed by atoms with Crippen LogP contribution in [-0.4, -0.2) is 20.6 Å². The summed E-state index contributed by atoms with van der Waals surface area (Å²) in [6, 6.07) is 8.14. The van der Waals surface area contributed by atoms with Gasteiger partial charge in [0.15, 0.2) is 0 Å². The van der Waals surface area contributed by atoms with E-state index in [1.807, 2.05) is 38.2 Å². The number of imidazole rings is 1. The van der Waals surface area contributed by atoms with Crippen LogP contribution in [0.4, 0.5) is 0 Å². The molecule has 1 aliphatic carbocycles. The molecule has 0 radical (unpaired) electrons. The fraction of sp³-hybridized carbons (Fsp3) is 0.333. The van der Waals surface area contributed by atoms with Crippen LogP contribution in [0.2, 0.25) is 0 Å². The fourth-order valence-corrected chi connectivity index (χ4v) is 3.27. The highest BCUT2D eigenvalue weighted by Gasteiger charge is 2.44. The maximum Gasteiger partial charge on any atom is 0.307 e. The first-order chi connectivity index (χ1) is 9.49. The van der Waals surface area contributed by atoms with Crippen molar-refractivity contribution in [2.45, 2.75) is 19.3 Å². The number of hydrogen-bond acceptors (Lipinski definition) is 2. The average molecular weight is 382 g/mol. The molecule has 1 fully saturated rings. The number of carboxylic acids is 1. The monoisotopic (exact) mass is 382 g/mol. The number of halogens is 1. The van der Waals surface area contributed by atoms with Crippen molar-refractivity contribution in [3.05, 3.63) is 39.4 Å². The zero-order chi connectivity index (χ0) is 14.4. The third kappa shape index (κ3) is 2.24. The van der Waals surface area contributed by atoms with Gasteiger partial charge in [-0.2, -0.15) is 0 Å². The molecule has 1 heterocycles. The van der Waals surface area contributed by atoms with Gasteiger partial charge in [0.1, 0.15) is 15.2 Å². The van der Waals surface area contributed by atoms with E-state index in [9.17, 15) is 4.79 Å². The van der Waals surface area contributed by atoms with Gasteiger partial charge in [-0.25, -0.2) is 4.98 Å². The molecule has 1 saturated carbocycles. The number of benzene rings is 1. The van der Waals surface area contributed by atoms with E-state index in [0.29, 0.717) is 0 Å². The van der Waals surface area contributed by atoms with Crippen LogP contribution in [0, 0.1) is 16.5 Å². The molecule has 0 spiro atoms. The van der Waals surface area contributed by atoms with E-state index in [1.54, 1.807) is 0 Å². The standard InChI is InChI=1S/C15H15IN2O2/c1-8-17-13(14(16)18(8)2)10-5-3-9(4-6-10)11-7-12(11)15(19)20/h3-6,11-12H,7H2,1-2H3,(H,19,20)/t11-,12-/m0/s1. The molecule has 0 aliphatic heterocycles. The normalized spacial score (nSPS) is 20.9. The predicted octanol–water partition coefficient (Wildman–Crippen LogP) is 3.19. The second kappa shape index (κ2) is 4.87. The molecule has 5 heteroatoms. The van der Waals surface area contributed by atoms with Gasteiger partial charge < -0.3 is 9.67 Å². The van der Waals surface area contributed by atoms with E-state index in [-0.39, 0.29) is 11.8 Å². The molecule has 0 unspecified atom stereocenters. The number of nitrogens with zero attached hydrogens (tertiary/aromatic N) is 2. The van der Waals surface area contributed by atoms with Gasteiger partial charge >= 0.3 is 5.97 Å². The van der Waals surface area contributed by atoms with Crippen LogP contribution in [-0.2, 0) is 11.8 Å². The highest BCUT2D eigenvalue weighted by Crippen LogP contribution is 2.47. The lowest BCUT2D eigenvalue weighted by atomic mass is 10.1. The maximum absolute atomic E-state index is 10.9. The van der Waals surface area contributed by atoms with Gasteiger partial charge in [-0.15, -0.1) is 0 Å². The van der Waals surface area contributed by atoms with E-state index in [4.69, 9.17) is 5.11 Å². The third-order valence-electron chi connectivity index (χ3n) is 3.97. The predicted molar refractivity (Wildman–Crippen MR) is 84.6 cm³/mol. The second-order valence-electron chi connectivity index (χ2n) is 5.27. The van der Waals surface area contributed by atoms with Gasteiger partial charge in [0.05, 0.1) is 5.92 Å². The molecule has 104 valence electrons. The quantitative estimate of drug-likeness (QED) is 0.830. The molecule has 0 bridgehead atoms. The Morgan fingerprint density at radius 3 is 2.50 bits per heavy atom. The molecule has 0 amide bonds. The van der Waals surface area contributed by atoms with E-state index in [0.717, 1.165) is 32.8 Å². The Bertz CT molecular complexity index is 676. The summed E-state index contributed by atoms with van der Waals surface area (Å²) in [5.74, 6) is 0.291. The Balaban J connectivity index is 1.87. The first-order valence-electron chi connectivity index (χ1n) is 6.51. The van der Waals surface area contributed by atoms with Crippen molar-refractivity contribution in [1.29, 1.82) is 0 Å². The minimum atomic E-state index is -0.686. The molecule has 1 N–H and O–H groups in total. The SMILES string of the molecule is Cc1nc(-c2ccc([C@@H]3C[C@@H]3C(=O)O)cc2)c(I)n1C. The average Bonchev–Trinajstić information content (AvgIpc) is 3.19. The number of carbonyl (C=O) groups is 1. The Morgan fingerprint density at radius 2 is 2.05 bits per heavy atom. The van der Waals surface area contributed by atoms with E-state index in [2.05, 4.69) is 32.1 Å². The Labute approximate surface area is 131 Å². The summed E-state index contributed by atoms with van der Waals surface area (Å²) in [5, 5.41) is 8.97. The van der Waals surface area contributed by atoms with Crippen LogP contribution in [0.3, 0.4) is 0 Å². The summed E-state index contributed by atoms with van der Waals surface area (Å²) in [4.78, 5) is 15.5. The van der Waals surface area contributed by atoms with Crippen LogP contribution in [0.5, 0.6) is 0 Å². The van der Waals surface area contributed by atoms with E-state index >= 15 is 0 Å². The number of aryl methyl sites for hydroxylation is 1. The largest absolute Gasteiger partial charge is 0.481 e. The van der Waals surface area contributed by atoms with Crippen molar-refractivity contribution in [2.24, 2.45) is 13.0 Å². The number of aliphatic carboxylic acids is 1. The molecule has 1 aromatic carbocycles. The highest BCUT2D eigenvalue weighted by atomic mass is 127. The molecular weight excluding hydrogens is 367 g/mol. The zero-order valence-corrected chi connectivity index (χ0v) is 13.5. The number of hydrogen-bond donors (Lipinski definition) is 1. The van der Waals surface area contributed by atoms with Gasteiger partial charge in [-0.1, -0.05) is 24.3 Å². The Kier molecular flexibility index (Phi) is 3.32. The van der Waals surface area contributed by atoms with Crippen LogP contribution in [0.15, 0.2) is 24.3 Å². The number of rotatable bonds is 3. The number of carboxylic acid groups (broad SMARTS) is 1. The summed E-state index contributed by atoms with van der Waals surface area (Å²) < 4.78 is 3.17. The summed E-state index contributed by atoms with van der Waals surface area (Å²) in [7, 11) is 2.00. The first-order valence-corrected chi connectivity index (χ1v) is 7.59. The lowest BCUT2D eigenvalue weighted by Gasteiger charge is -2.02. The molecule has 2 aromatic rings. The van der Waals surface area contributed by atoms with Crippen molar-refractivity contribution >= 4 is 28.6 Å². The van der Waals surface area contributed by atoms with Crippen LogP contribution >= 0.6 is 22.6 Å². The summed E-state index contributed by atoms with van der Waals surface area (Å²) in [5.41, 5.74) is 3.18. The molecule has 3 rings (SSSR count). The second-order valence-corrected chi connectivity index (χ2v) is 6.29. The van der Waals surface area contributed by atoms with Crippen molar-refractivity contribution < 1.29 is 9.90 Å². The minimum absolute atomic E-state index is 0.186. The van der Waals surface area contributed by atoms with Crippen molar-refractivity contribution in [3.8, 4) is 11.3 Å². The number of aromatic nitrogens is 2. The molecule has 4 nitrogen and oxygen atoms in total. The van der Waals surface area contributed by atoms with Gasteiger partial charge in [0.25, 0.3) is 0 Å². The first kappa shape index (κ1) is 13.6. The van der Waals surface area contributed by atoms with Gasteiger partial charge in [0.2, 0.25) is 0 Å². The molecule has 20 heavy (non-hydrogen) atoms. The lowest BCUT2D eigenvalue weighted by molar-refractivity contribution is -0.138. The van der Waals surface area contributed by atoms with Gasteiger partial charge in [0, 0.05) is 12.6 Å². The minimum Gasteiger partial charge on any atom is -0.481 e. The van der Waals surface area contributed by atoms with Crippen LogP contribution < -0.4 is 0 Å². The molecular formula is C15H15IN2O2.